The minimum absolute atomic E-state index is 0.382. The number of nitrogens with zero attached hydrogens (tertiary/aromatic N) is 1. The predicted octanol–water partition coefficient (Wildman–Crippen LogP) is 7.05. The van der Waals surface area contributed by atoms with Crippen LogP contribution in [0, 0.1) is 46.8 Å². The van der Waals surface area contributed by atoms with E-state index in [1.54, 1.807) is 7.11 Å². The highest BCUT2D eigenvalue weighted by Gasteiger charge is 2.56. The smallest absolute Gasteiger partial charge is 0.153 e. The topological polar surface area (TPSA) is 41.9 Å². The van der Waals surface area contributed by atoms with Crippen molar-refractivity contribution in [3.05, 3.63) is 59.1 Å². The van der Waals surface area contributed by atoms with Crippen molar-refractivity contribution in [2.45, 2.75) is 79.2 Å². The Kier molecular flexibility index (Phi) is 10.2. The van der Waals surface area contributed by atoms with Crippen LogP contribution in [0.1, 0.15) is 73.1 Å². The van der Waals surface area contributed by atoms with Gasteiger partial charge in [-0.05, 0) is 128 Å². The third-order valence-corrected chi connectivity index (χ3v) is 10.3. The zero-order chi connectivity index (χ0) is 28.0. The molecule has 0 saturated heterocycles. The second-order valence-corrected chi connectivity index (χ2v) is 12.4. The van der Waals surface area contributed by atoms with Gasteiger partial charge in [0.1, 0.15) is 12.4 Å². The van der Waals surface area contributed by atoms with E-state index in [1.807, 2.05) is 12.3 Å². The largest absolute Gasteiger partial charge is 0.497 e. The fourth-order valence-electron chi connectivity index (χ4n) is 8.32. The number of hydrogen-bond donors (Lipinski definition) is 1. The number of aliphatic hydroxyl groups excluding tert-OH is 1. The summed E-state index contributed by atoms with van der Waals surface area (Å²) in [4.78, 5) is 2.40. The highest BCUT2D eigenvalue weighted by Crippen LogP contribution is 2.64. The second kappa shape index (κ2) is 13.4. The first-order valence-corrected chi connectivity index (χ1v) is 15.4. The molecular formula is C35H51NO3. The van der Waals surface area contributed by atoms with Crippen molar-refractivity contribution in [3.8, 4) is 11.8 Å². The van der Waals surface area contributed by atoms with E-state index in [4.69, 9.17) is 9.47 Å². The minimum Gasteiger partial charge on any atom is -0.497 e. The number of hydrogen-bond acceptors (Lipinski definition) is 4. The summed E-state index contributed by atoms with van der Waals surface area (Å²) in [5.41, 5.74) is 4.38. The van der Waals surface area contributed by atoms with Crippen LogP contribution in [-0.4, -0.2) is 49.5 Å². The maximum Gasteiger partial charge on any atom is 0.153 e. The summed E-state index contributed by atoms with van der Waals surface area (Å²) >= 11 is 0. The third-order valence-electron chi connectivity index (χ3n) is 10.3. The van der Waals surface area contributed by atoms with E-state index in [0.717, 1.165) is 56.7 Å². The van der Waals surface area contributed by atoms with E-state index in [0.29, 0.717) is 23.2 Å². The summed E-state index contributed by atoms with van der Waals surface area (Å²) in [6, 6.07) is 0. The molecule has 0 aliphatic heterocycles. The van der Waals surface area contributed by atoms with Crippen LogP contribution in [0.4, 0.5) is 0 Å². The molecule has 4 aliphatic rings. The highest BCUT2D eigenvalue weighted by molar-refractivity contribution is 5.46. The van der Waals surface area contributed by atoms with Gasteiger partial charge in [-0.1, -0.05) is 51.7 Å². The van der Waals surface area contributed by atoms with Crippen LogP contribution in [-0.2, 0) is 9.47 Å². The van der Waals surface area contributed by atoms with Gasteiger partial charge in [0.25, 0.3) is 0 Å². The molecule has 0 bridgehead atoms. The first kappa shape index (κ1) is 29.8. The number of fused-ring (bicyclic) bond motifs is 5. The van der Waals surface area contributed by atoms with Crippen molar-refractivity contribution < 1.29 is 14.6 Å². The standard InChI is InChI=1S/C35H51NO3/c1-7-11-26(23-36(8-2)9-3)21-30(38-6)24-39-19-17-28-14-15-33-34-25(4)20-27-22-29(37)12-10-13-31(27)32(34)16-18-35(28,33)5/h7,11,13,21-22,24-25,28-29,32-34,37H,8-9,14-20,23H2,1-6H3/b11-7-,26-21+,30-24-/t25-,28-,29?,32-,33+,34-,35-/m1/s1. The SMILES string of the molecule is C\C=C/C(=C\C(=C\OCC[C@H]1CC[C@H]2[C@@H]3[C@H](C)CC4=CC(O)C#CC=C4[C@H]3CC[C@]12C)OC)CN(CC)CC. The van der Waals surface area contributed by atoms with Gasteiger partial charge in [0.05, 0.1) is 13.7 Å². The lowest BCUT2D eigenvalue weighted by molar-refractivity contribution is -0.0135. The van der Waals surface area contributed by atoms with E-state index in [9.17, 15) is 5.11 Å². The molecule has 4 nitrogen and oxygen atoms in total. The fourth-order valence-corrected chi connectivity index (χ4v) is 8.32. The van der Waals surface area contributed by atoms with E-state index < -0.39 is 6.10 Å². The van der Waals surface area contributed by atoms with E-state index in [1.165, 1.54) is 42.4 Å². The maximum atomic E-state index is 10.2. The molecule has 4 aliphatic carbocycles. The van der Waals surface area contributed by atoms with Gasteiger partial charge < -0.3 is 14.6 Å². The lowest BCUT2D eigenvalue weighted by atomic mass is 9.51. The summed E-state index contributed by atoms with van der Waals surface area (Å²) in [6.07, 6.45) is 19.0. The Morgan fingerprint density at radius 2 is 2.03 bits per heavy atom. The number of likely N-dealkylation sites (N-methyl/N-ethyl adjacent to an activating group) is 1. The summed E-state index contributed by atoms with van der Waals surface area (Å²) in [7, 11) is 1.72. The molecule has 1 N–H and O–H groups in total. The van der Waals surface area contributed by atoms with E-state index in [2.05, 4.69) is 75.7 Å². The van der Waals surface area contributed by atoms with Crippen molar-refractivity contribution in [1.82, 2.24) is 4.90 Å². The molecule has 1 unspecified atom stereocenters. The normalized spacial score (nSPS) is 34.4. The molecule has 0 aromatic heterocycles. The van der Waals surface area contributed by atoms with Gasteiger partial charge in [0.2, 0.25) is 0 Å². The van der Waals surface area contributed by atoms with Crippen molar-refractivity contribution >= 4 is 0 Å². The molecule has 214 valence electrons. The van der Waals surface area contributed by atoms with Crippen molar-refractivity contribution in [3.63, 3.8) is 0 Å². The summed E-state index contributed by atoms with van der Waals surface area (Å²) in [5, 5.41) is 10.2. The van der Waals surface area contributed by atoms with Crippen molar-refractivity contribution in [2.75, 3.05) is 33.4 Å². The van der Waals surface area contributed by atoms with Crippen LogP contribution in [0.5, 0.6) is 0 Å². The Balaban J connectivity index is 1.39. The lowest BCUT2D eigenvalue weighted by Gasteiger charge is -2.54. The first-order valence-electron chi connectivity index (χ1n) is 15.4. The number of rotatable bonds is 11. The average Bonchev–Trinajstić information content (AvgIpc) is 3.13. The number of allylic oxidation sites excluding steroid dienone is 5. The van der Waals surface area contributed by atoms with Gasteiger partial charge >= 0.3 is 0 Å². The molecule has 7 atom stereocenters. The summed E-state index contributed by atoms with van der Waals surface area (Å²) in [6.45, 7) is 15.2. The molecule has 3 fully saturated rings. The third kappa shape index (κ3) is 6.58. The molecule has 0 amide bonds. The van der Waals surface area contributed by atoms with E-state index >= 15 is 0 Å². The molecular weight excluding hydrogens is 482 g/mol. The van der Waals surface area contributed by atoms with Crippen molar-refractivity contribution in [1.29, 1.82) is 0 Å². The van der Waals surface area contributed by atoms with Crippen LogP contribution in [0.3, 0.4) is 0 Å². The lowest BCUT2D eigenvalue weighted by Crippen LogP contribution is -2.46. The monoisotopic (exact) mass is 533 g/mol. The predicted molar refractivity (Wildman–Crippen MR) is 161 cm³/mol. The molecule has 0 heterocycles. The summed E-state index contributed by atoms with van der Waals surface area (Å²) < 4.78 is 11.8. The number of aliphatic hydroxyl groups is 1. The molecule has 3 saturated carbocycles. The Bertz CT molecular complexity index is 1070. The Morgan fingerprint density at radius 1 is 1.23 bits per heavy atom. The molecule has 0 radical (unpaired) electrons. The van der Waals surface area contributed by atoms with Gasteiger partial charge in [-0.25, -0.2) is 0 Å². The van der Waals surface area contributed by atoms with Crippen molar-refractivity contribution in [2.24, 2.45) is 35.0 Å². The highest BCUT2D eigenvalue weighted by atomic mass is 16.5. The van der Waals surface area contributed by atoms with Crippen LogP contribution in [0.2, 0.25) is 0 Å². The van der Waals surface area contributed by atoms with Gasteiger partial charge in [0, 0.05) is 6.54 Å². The molecule has 39 heavy (non-hydrogen) atoms. The quantitative estimate of drug-likeness (QED) is 0.134. The Labute approximate surface area is 237 Å². The minimum atomic E-state index is -0.623. The summed E-state index contributed by atoms with van der Waals surface area (Å²) in [5.74, 6) is 10.3. The van der Waals surface area contributed by atoms with Gasteiger partial charge in [-0.15, -0.1) is 0 Å². The number of ether oxygens (including phenoxy) is 2. The molecule has 0 spiro atoms. The maximum absolute atomic E-state index is 10.2. The number of methoxy groups -OCH3 is 1. The fraction of sp³-hybridized carbons (Fsp3) is 0.657. The molecule has 0 aromatic carbocycles. The zero-order valence-corrected chi connectivity index (χ0v) is 25.2. The van der Waals surface area contributed by atoms with Crippen LogP contribution >= 0.6 is 0 Å². The average molecular weight is 534 g/mol. The van der Waals surface area contributed by atoms with Gasteiger partial charge in [-0.2, -0.15) is 0 Å². The second-order valence-electron chi connectivity index (χ2n) is 12.4. The molecule has 4 heteroatoms. The van der Waals surface area contributed by atoms with Crippen LogP contribution in [0.25, 0.3) is 0 Å². The molecule has 4 rings (SSSR count). The van der Waals surface area contributed by atoms with E-state index in [-0.39, 0.29) is 0 Å². The zero-order valence-electron chi connectivity index (χ0n) is 25.2. The Hall–Kier alpha value is -2.22. The van der Waals surface area contributed by atoms with Crippen LogP contribution < -0.4 is 0 Å². The van der Waals surface area contributed by atoms with Crippen LogP contribution in [0.15, 0.2) is 59.1 Å². The first-order chi connectivity index (χ1) is 18.8. The molecule has 0 aromatic rings. The van der Waals surface area contributed by atoms with Gasteiger partial charge in [0.15, 0.2) is 5.76 Å². The van der Waals surface area contributed by atoms with Gasteiger partial charge in [-0.3, -0.25) is 4.90 Å². The Morgan fingerprint density at radius 3 is 2.74 bits per heavy atom.